The summed E-state index contributed by atoms with van der Waals surface area (Å²) < 4.78 is 0. The molecule has 1 rings (SSSR count). The molecule has 1 heteroatoms. The quantitative estimate of drug-likeness (QED) is 0.651. The topological polar surface area (TPSA) is 17.1 Å². The van der Waals surface area contributed by atoms with Crippen molar-refractivity contribution in [2.75, 3.05) is 0 Å². The smallest absolute Gasteiger partial charge is 0.158 e. The van der Waals surface area contributed by atoms with Crippen LogP contribution in [0.3, 0.4) is 0 Å². The highest BCUT2D eigenvalue weighted by atomic mass is 16.1. The van der Waals surface area contributed by atoms with Crippen LogP contribution in [0.4, 0.5) is 0 Å². The number of carbonyl (C=O) groups excluding carboxylic acids is 1. The third-order valence-electron chi connectivity index (χ3n) is 3.70. The van der Waals surface area contributed by atoms with E-state index in [1.165, 1.54) is 0 Å². The van der Waals surface area contributed by atoms with Crippen molar-refractivity contribution in [3.63, 3.8) is 0 Å². The Labute approximate surface area is 81.2 Å². The normalized spacial score (nSPS) is 23.6. The van der Waals surface area contributed by atoms with Crippen LogP contribution in [-0.2, 0) is 4.79 Å². The maximum Gasteiger partial charge on any atom is 0.158 e. The summed E-state index contributed by atoms with van der Waals surface area (Å²) in [6, 6.07) is 0. The van der Waals surface area contributed by atoms with Gasteiger partial charge in [-0.3, -0.25) is 4.79 Å². The van der Waals surface area contributed by atoms with Gasteiger partial charge < -0.3 is 0 Å². The van der Waals surface area contributed by atoms with Crippen molar-refractivity contribution in [2.24, 2.45) is 11.3 Å². The summed E-state index contributed by atoms with van der Waals surface area (Å²) in [5, 5.41) is 0. The molecule has 0 saturated carbocycles. The van der Waals surface area contributed by atoms with Crippen molar-refractivity contribution in [3.8, 4) is 0 Å². The van der Waals surface area contributed by atoms with Crippen LogP contribution in [-0.4, -0.2) is 5.78 Å². The van der Waals surface area contributed by atoms with Crippen LogP contribution in [0.2, 0.25) is 0 Å². The Balaban J connectivity index is 2.80. The van der Waals surface area contributed by atoms with Crippen molar-refractivity contribution in [1.82, 2.24) is 0 Å². The highest BCUT2D eigenvalue weighted by molar-refractivity contribution is 5.93. The first kappa shape index (κ1) is 10.5. The lowest BCUT2D eigenvalue weighted by Crippen LogP contribution is -2.33. The van der Waals surface area contributed by atoms with Crippen LogP contribution in [0.15, 0.2) is 12.2 Å². The van der Waals surface area contributed by atoms with Gasteiger partial charge >= 0.3 is 0 Å². The summed E-state index contributed by atoms with van der Waals surface area (Å²) >= 11 is 0. The average molecular weight is 180 g/mol. The number of ketones is 1. The molecule has 0 aromatic rings. The number of hydrogen-bond acceptors (Lipinski definition) is 1. The number of carbonyl (C=O) groups is 1. The third kappa shape index (κ3) is 2.01. The molecule has 0 aromatic heterocycles. The van der Waals surface area contributed by atoms with Crippen molar-refractivity contribution >= 4 is 5.78 Å². The zero-order chi connectivity index (χ0) is 9.90. The third-order valence-corrected chi connectivity index (χ3v) is 3.70. The summed E-state index contributed by atoms with van der Waals surface area (Å²) in [4.78, 5) is 11.7. The molecule has 0 saturated heterocycles. The van der Waals surface area contributed by atoms with Gasteiger partial charge in [0.1, 0.15) is 0 Å². The van der Waals surface area contributed by atoms with Gasteiger partial charge in [0.2, 0.25) is 0 Å². The first-order valence-corrected chi connectivity index (χ1v) is 5.34. The van der Waals surface area contributed by atoms with E-state index in [4.69, 9.17) is 0 Å². The van der Waals surface area contributed by atoms with E-state index in [1.807, 2.05) is 6.08 Å². The Kier molecular flexibility index (Phi) is 3.29. The van der Waals surface area contributed by atoms with Gasteiger partial charge in [0.15, 0.2) is 5.78 Å². The molecule has 1 aliphatic rings. The first-order chi connectivity index (χ1) is 6.14. The summed E-state index contributed by atoms with van der Waals surface area (Å²) in [6.07, 6.45) is 8.11. The second kappa shape index (κ2) is 4.08. The highest BCUT2D eigenvalue weighted by Gasteiger charge is 2.35. The predicted molar refractivity (Wildman–Crippen MR) is 55.6 cm³/mol. The molecule has 1 nitrogen and oxygen atoms in total. The minimum Gasteiger partial charge on any atom is -0.295 e. The van der Waals surface area contributed by atoms with Gasteiger partial charge in [-0.25, -0.2) is 0 Å². The molecular formula is C12H20O. The Bertz CT molecular complexity index is 211. The molecule has 1 unspecified atom stereocenters. The van der Waals surface area contributed by atoms with Gasteiger partial charge in [0, 0.05) is 5.92 Å². The van der Waals surface area contributed by atoms with Gasteiger partial charge in [-0.2, -0.15) is 0 Å². The maximum absolute atomic E-state index is 11.7. The van der Waals surface area contributed by atoms with E-state index in [0.717, 1.165) is 25.7 Å². The minimum absolute atomic E-state index is 0.224. The van der Waals surface area contributed by atoms with E-state index in [0.29, 0.717) is 5.78 Å². The van der Waals surface area contributed by atoms with E-state index in [1.54, 1.807) is 6.08 Å². The molecule has 0 aliphatic heterocycles. The Hall–Kier alpha value is -0.590. The summed E-state index contributed by atoms with van der Waals surface area (Å²) in [7, 11) is 0. The molecular weight excluding hydrogens is 160 g/mol. The molecule has 1 aliphatic carbocycles. The molecule has 0 spiro atoms. The molecule has 0 fully saturated rings. The van der Waals surface area contributed by atoms with E-state index < -0.39 is 0 Å². The monoisotopic (exact) mass is 180 g/mol. The van der Waals surface area contributed by atoms with Crippen LogP contribution in [0.5, 0.6) is 0 Å². The second-order valence-corrected chi connectivity index (χ2v) is 4.30. The van der Waals surface area contributed by atoms with Crippen molar-refractivity contribution in [2.45, 2.75) is 46.5 Å². The molecule has 0 radical (unpaired) electrons. The average Bonchev–Trinajstić information content (AvgIpc) is 2.17. The SMILES string of the molecule is CCC(C)(CC)C1CCC=CC1=O. The van der Waals surface area contributed by atoms with E-state index in [-0.39, 0.29) is 11.3 Å². The van der Waals surface area contributed by atoms with Gasteiger partial charge in [0.05, 0.1) is 0 Å². The lowest BCUT2D eigenvalue weighted by molar-refractivity contribution is -0.123. The van der Waals surface area contributed by atoms with Gasteiger partial charge in [-0.1, -0.05) is 39.7 Å². The maximum atomic E-state index is 11.7. The Morgan fingerprint density at radius 2 is 2.08 bits per heavy atom. The highest BCUT2D eigenvalue weighted by Crippen LogP contribution is 2.39. The fourth-order valence-electron chi connectivity index (χ4n) is 2.16. The second-order valence-electron chi connectivity index (χ2n) is 4.30. The Morgan fingerprint density at radius 1 is 1.46 bits per heavy atom. The van der Waals surface area contributed by atoms with Crippen molar-refractivity contribution < 1.29 is 4.79 Å². The van der Waals surface area contributed by atoms with E-state index in [9.17, 15) is 4.79 Å². The molecule has 0 heterocycles. The van der Waals surface area contributed by atoms with Gasteiger partial charge in [0.25, 0.3) is 0 Å². The van der Waals surface area contributed by atoms with Crippen molar-refractivity contribution in [1.29, 1.82) is 0 Å². The van der Waals surface area contributed by atoms with Gasteiger partial charge in [-0.05, 0) is 24.3 Å². The lowest BCUT2D eigenvalue weighted by atomic mass is 9.68. The van der Waals surface area contributed by atoms with Crippen molar-refractivity contribution in [3.05, 3.63) is 12.2 Å². The van der Waals surface area contributed by atoms with Crippen LogP contribution >= 0.6 is 0 Å². The van der Waals surface area contributed by atoms with Crippen LogP contribution in [0.25, 0.3) is 0 Å². The number of hydrogen-bond donors (Lipinski definition) is 0. The zero-order valence-corrected chi connectivity index (χ0v) is 8.97. The Morgan fingerprint density at radius 3 is 2.54 bits per heavy atom. The largest absolute Gasteiger partial charge is 0.295 e. The first-order valence-electron chi connectivity index (χ1n) is 5.34. The molecule has 74 valence electrons. The fraction of sp³-hybridized carbons (Fsp3) is 0.750. The zero-order valence-electron chi connectivity index (χ0n) is 8.97. The van der Waals surface area contributed by atoms with Crippen LogP contribution < -0.4 is 0 Å². The molecule has 0 aromatic carbocycles. The molecule has 0 amide bonds. The van der Waals surface area contributed by atoms with Crippen LogP contribution in [0.1, 0.15) is 46.5 Å². The summed E-state index contributed by atoms with van der Waals surface area (Å²) in [5.74, 6) is 0.616. The lowest BCUT2D eigenvalue weighted by Gasteiger charge is -2.35. The predicted octanol–water partition coefficient (Wildman–Crippen LogP) is 3.35. The summed E-state index contributed by atoms with van der Waals surface area (Å²) in [5.41, 5.74) is 0.224. The molecule has 1 atom stereocenters. The number of allylic oxidation sites excluding steroid dienone is 2. The van der Waals surface area contributed by atoms with E-state index >= 15 is 0 Å². The standard InChI is InChI=1S/C12H20O/c1-4-12(3,5-2)10-8-6-7-9-11(10)13/h7,9-10H,4-6,8H2,1-3H3. The molecule has 0 N–H and O–H groups in total. The van der Waals surface area contributed by atoms with E-state index in [2.05, 4.69) is 20.8 Å². The fourth-order valence-corrected chi connectivity index (χ4v) is 2.16. The van der Waals surface area contributed by atoms with Gasteiger partial charge in [-0.15, -0.1) is 0 Å². The number of rotatable bonds is 3. The summed E-state index contributed by atoms with van der Waals surface area (Å²) in [6.45, 7) is 6.62. The molecule has 13 heavy (non-hydrogen) atoms. The minimum atomic E-state index is 0.224. The van der Waals surface area contributed by atoms with Crippen LogP contribution in [0, 0.1) is 11.3 Å². The molecule has 0 bridgehead atoms.